The predicted molar refractivity (Wildman–Crippen MR) is 97.0 cm³/mol. The number of hydrogen-bond acceptors (Lipinski definition) is 3. The van der Waals surface area contributed by atoms with Crippen LogP contribution in [0.15, 0.2) is 23.3 Å². The molecule has 1 rings (SSSR count). The van der Waals surface area contributed by atoms with Gasteiger partial charge in [0.15, 0.2) is 5.96 Å². The van der Waals surface area contributed by atoms with Gasteiger partial charge in [-0.25, -0.2) is 0 Å². The van der Waals surface area contributed by atoms with Gasteiger partial charge in [0, 0.05) is 44.7 Å². The largest absolute Gasteiger partial charge is 0.381 e. The van der Waals surface area contributed by atoms with E-state index in [9.17, 15) is 0 Å². The van der Waals surface area contributed by atoms with Crippen molar-refractivity contribution in [2.75, 3.05) is 32.8 Å². The summed E-state index contributed by atoms with van der Waals surface area (Å²) in [5.74, 6) is 0.876. The van der Waals surface area contributed by atoms with E-state index in [1.165, 1.54) is 12.0 Å². The first-order chi connectivity index (χ1) is 11.3. The lowest BCUT2D eigenvalue weighted by Gasteiger charge is -2.11. The molecule has 5 nitrogen and oxygen atoms in total. The van der Waals surface area contributed by atoms with E-state index in [0.29, 0.717) is 0 Å². The summed E-state index contributed by atoms with van der Waals surface area (Å²) in [6, 6.07) is 4.18. The van der Waals surface area contributed by atoms with Crippen molar-refractivity contribution in [1.82, 2.24) is 15.6 Å². The molecule has 1 heterocycles. The van der Waals surface area contributed by atoms with Gasteiger partial charge in [-0.3, -0.25) is 9.98 Å². The van der Waals surface area contributed by atoms with Crippen LogP contribution in [0.2, 0.25) is 0 Å². The third kappa shape index (κ3) is 9.89. The van der Waals surface area contributed by atoms with Crippen LogP contribution >= 0.6 is 0 Å². The lowest BCUT2D eigenvalue weighted by atomic mass is 10.2. The van der Waals surface area contributed by atoms with Crippen molar-refractivity contribution in [2.24, 2.45) is 4.99 Å². The zero-order chi connectivity index (χ0) is 16.8. The highest BCUT2D eigenvalue weighted by atomic mass is 16.5. The minimum atomic E-state index is 0.785. The molecule has 1 aromatic heterocycles. The van der Waals surface area contributed by atoms with Crippen molar-refractivity contribution in [2.45, 2.75) is 46.5 Å². The maximum absolute atomic E-state index is 5.55. The standard InChI is InChI=1S/C18H32N4O/c1-4-6-13-23-14-7-11-20-18(19-5-2)21-12-10-17-9-8-16(3)22-15-17/h8-9,15H,4-7,10-14H2,1-3H3,(H2,19,20,21). The number of hydrogen-bond donors (Lipinski definition) is 2. The number of nitrogens with one attached hydrogen (secondary N) is 2. The topological polar surface area (TPSA) is 58.5 Å². The Balaban J connectivity index is 2.22. The monoisotopic (exact) mass is 320 g/mol. The smallest absolute Gasteiger partial charge is 0.191 e. The van der Waals surface area contributed by atoms with E-state index in [2.05, 4.69) is 40.5 Å². The Morgan fingerprint density at radius 1 is 1.17 bits per heavy atom. The highest BCUT2D eigenvalue weighted by Gasteiger charge is 1.98. The van der Waals surface area contributed by atoms with Crippen LogP contribution in [0.25, 0.3) is 0 Å². The zero-order valence-electron chi connectivity index (χ0n) is 14.9. The van der Waals surface area contributed by atoms with E-state index in [1.54, 1.807) is 0 Å². The lowest BCUT2D eigenvalue weighted by Crippen LogP contribution is -2.38. The molecule has 0 unspecified atom stereocenters. The number of nitrogens with zero attached hydrogens (tertiary/aromatic N) is 2. The van der Waals surface area contributed by atoms with E-state index in [4.69, 9.17) is 4.74 Å². The molecule has 0 fully saturated rings. The molecule has 130 valence electrons. The Bertz CT molecular complexity index is 431. The second kappa shape index (κ2) is 12.9. The Morgan fingerprint density at radius 2 is 2.00 bits per heavy atom. The van der Waals surface area contributed by atoms with Gasteiger partial charge in [0.2, 0.25) is 0 Å². The van der Waals surface area contributed by atoms with Crippen molar-refractivity contribution in [3.05, 3.63) is 29.6 Å². The van der Waals surface area contributed by atoms with Gasteiger partial charge in [-0.15, -0.1) is 0 Å². The van der Waals surface area contributed by atoms with Gasteiger partial charge in [0.05, 0.1) is 0 Å². The molecule has 0 aromatic carbocycles. The van der Waals surface area contributed by atoms with Crippen LogP contribution in [0.3, 0.4) is 0 Å². The number of pyridine rings is 1. The van der Waals surface area contributed by atoms with Crippen LogP contribution in [0.5, 0.6) is 0 Å². The number of guanidine groups is 1. The molecule has 0 spiro atoms. The number of unbranched alkanes of at least 4 members (excludes halogenated alkanes) is 1. The Labute approximate surface area is 141 Å². The van der Waals surface area contributed by atoms with E-state index in [-0.39, 0.29) is 0 Å². The zero-order valence-corrected chi connectivity index (χ0v) is 14.9. The Kier molecular flexibility index (Phi) is 10.9. The minimum Gasteiger partial charge on any atom is -0.381 e. The van der Waals surface area contributed by atoms with E-state index < -0.39 is 0 Å². The van der Waals surface area contributed by atoms with Crippen LogP contribution in [0, 0.1) is 6.92 Å². The number of aromatic nitrogens is 1. The highest BCUT2D eigenvalue weighted by molar-refractivity contribution is 5.79. The van der Waals surface area contributed by atoms with Gasteiger partial charge >= 0.3 is 0 Å². The summed E-state index contributed by atoms with van der Waals surface area (Å²) in [6.45, 7) is 10.4. The molecule has 0 aliphatic carbocycles. The van der Waals surface area contributed by atoms with E-state index in [0.717, 1.165) is 63.8 Å². The van der Waals surface area contributed by atoms with Gasteiger partial charge in [0.1, 0.15) is 0 Å². The van der Waals surface area contributed by atoms with Crippen LogP contribution < -0.4 is 10.6 Å². The number of ether oxygens (including phenoxy) is 1. The molecule has 5 heteroatoms. The molecule has 0 aliphatic rings. The summed E-state index contributed by atoms with van der Waals surface area (Å²) in [5.41, 5.74) is 2.29. The summed E-state index contributed by atoms with van der Waals surface area (Å²) < 4.78 is 5.55. The fourth-order valence-electron chi connectivity index (χ4n) is 2.02. The summed E-state index contributed by atoms with van der Waals surface area (Å²) in [4.78, 5) is 8.89. The fraction of sp³-hybridized carbons (Fsp3) is 0.667. The normalized spacial score (nSPS) is 11.5. The second-order valence-electron chi connectivity index (χ2n) is 5.56. The maximum atomic E-state index is 5.55. The summed E-state index contributed by atoms with van der Waals surface area (Å²) >= 11 is 0. The first kappa shape index (κ1) is 19.4. The molecule has 0 amide bonds. The molecule has 0 saturated heterocycles. The van der Waals surface area contributed by atoms with E-state index in [1.807, 2.05) is 19.2 Å². The lowest BCUT2D eigenvalue weighted by molar-refractivity contribution is 0.130. The van der Waals surface area contributed by atoms with Gasteiger partial charge in [-0.2, -0.15) is 0 Å². The van der Waals surface area contributed by atoms with Crippen LogP contribution in [0.4, 0.5) is 0 Å². The minimum absolute atomic E-state index is 0.785. The van der Waals surface area contributed by atoms with Crippen molar-refractivity contribution in [1.29, 1.82) is 0 Å². The average Bonchev–Trinajstić information content (AvgIpc) is 2.56. The molecule has 0 atom stereocenters. The van der Waals surface area contributed by atoms with E-state index >= 15 is 0 Å². The molecule has 0 radical (unpaired) electrons. The number of aryl methyl sites for hydroxylation is 1. The highest BCUT2D eigenvalue weighted by Crippen LogP contribution is 1.99. The van der Waals surface area contributed by atoms with Gasteiger partial charge in [0.25, 0.3) is 0 Å². The first-order valence-electron chi connectivity index (χ1n) is 8.77. The molecule has 0 saturated carbocycles. The summed E-state index contributed by atoms with van der Waals surface area (Å²) in [7, 11) is 0. The molecular weight excluding hydrogens is 288 g/mol. The van der Waals surface area contributed by atoms with Gasteiger partial charge in [-0.1, -0.05) is 19.4 Å². The summed E-state index contributed by atoms with van der Waals surface area (Å²) in [6.07, 6.45) is 6.17. The molecule has 0 bridgehead atoms. The number of aliphatic imine (C=N–C) groups is 1. The Hall–Kier alpha value is -1.62. The van der Waals surface area contributed by atoms with Crippen molar-refractivity contribution in [3.8, 4) is 0 Å². The van der Waals surface area contributed by atoms with Gasteiger partial charge < -0.3 is 15.4 Å². The van der Waals surface area contributed by atoms with Gasteiger partial charge in [-0.05, 0) is 44.7 Å². The molecular formula is C18H32N4O. The van der Waals surface area contributed by atoms with Crippen molar-refractivity contribution in [3.63, 3.8) is 0 Å². The van der Waals surface area contributed by atoms with Crippen LogP contribution in [0.1, 0.15) is 44.4 Å². The summed E-state index contributed by atoms with van der Waals surface area (Å²) in [5, 5.41) is 6.64. The second-order valence-corrected chi connectivity index (χ2v) is 5.56. The maximum Gasteiger partial charge on any atom is 0.191 e. The van der Waals surface area contributed by atoms with Crippen LogP contribution in [-0.2, 0) is 11.2 Å². The third-order valence-corrected chi connectivity index (χ3v) is 3.38. The molecule has 2 N–H and O–H groups in total. The SMILES string of the molecule is CCCCOCCCN=C(NCC)NCCc1ccc(C)nc1. The quantitative estimate of drug-likeness (QED) is 0.374. The average molecular weight is 320 g/mol. The van der Waals surface area contributed by atoms with Crippen LogP contribution in [-0.4, -0.2) is 43.8 Å². The number of rotatable bonds is 11. The Morgan fingerprint density at radius 3 is 2.70 bits per heavy atom. The molecule has 0 aliphatic heterocycles. The van der Waals surface area contributed by atoms with Crippen molar-refractivity contribution >= 4 is 5.96 Å². The molecule has 23 heavy (non-hydrogen) atoms. The third-order valence-electron chi connectivity index (χ3n) is 3.38. The first-order valence-corrected chi connectivity index (χ1v) is 8.77. The predicted octanol–water partition coefficient (Wildman–Crippen LogP) is 2.69. The fourth-order valence-corrected chi connectivity index (χ4v) is 2.02. The molecule has 1 aromatic rings. The van der Waals surface area contributed by atoms with Crippen molar-refractivity contribution < 1.29 is 4.74 Å².